The van der Waals surface area contributed by atoms with Gasteiger partial charge < -0.3 is 9.64 Å². The molecule has 0 aromatic carbocycles. The van der Waals surface area contributed by atoms with Crippen molar-refractivity contribution in [1.82, 2.24) is 14.9 Å². The molecule has 2 saturated heterocycles. The van der Waals surface area contributed by atoms with Gasteiger partial charge in [0.05, 0.1) is 6.04 Å². The van der Waals surface area contributed by atoms with Gasteiger partial charge in [-0.25, -0.2) is 14.8 Å². The number of nitrogens with zero attached hydrogens (tertiary/aromatic N) is 4. The second-order valence-corrected chi connectivity index (χ2v) is 5.39. The second-order valence-electron chi connectivity index (χ2n) is 5.39. The fraction of sp³-hybridized carbons (Fsp3) is 0.643. The third-order valence-corrected chi connectivity index (χ3v) is 3.90. The highest BCUT2D eigenvalue weighted by Gasteiger charge is 2.38. The molecule has 2 aliphatic heterocycles. The molecule has 0 N–H and O–H groups in total. The number of aryl methyl sites for hydroxylation is 2. The van der Waals surface area contributed by atoms with Crippen molar-refractivity contribution < 1.29 is 9.53 Å². The van der Waals surface area contributed by atoms with Gasteiger partial charge in [-0.15, -0.1) is 0 Å². The number of hydrogen-bond donors (Lipinski definition) is 0. The van der Waals surface area contributed by atoms with Crippen molar-refractivity contribution in [2.45, 2.75) is 32.7 Å². The van der Waals surface area contributed by atoms with Crippen LogP contribution in [0.3, 0.4) is 0 Å². The van der Waals surface area contributed by atoms with Crippen LogP contribution in [0.2, 0.25) is 0 Å². The molecule has 1 amide bonds. The Morgan fingerprint density at radius 1 is 1.45 bits per heavy atom. The summed E-state index contributed by atoms with van der Waals surface area (Å²) in [5, 5.41) is 0. The Kier molecular flexibility index (Phi) is 3.46. The van der Waals surface area contributed by atoms with Crippen LogP contribution in [0.25, 0.3) is 0 Å². The molecule has 0 radical (unpaired) electrons. The van der Waals surface area contributed by atoms with Crippen LogP contribution in [0.1, 0.15) is 24.7 Å². The Balaban J connectivity index is 1.83. The van der Waals surface area contributed by atoms with E-state index in [1.165, 1.54) is 5.56 Å². The SMILES string of the molecule is CCCc1cnc(C)nc1N1CCN2C(=O)OCC2C1. The van der Waals surface area contributed by atoms with Crippen LogP contribution in [-0.4, -0.2) is 53.2 Å². The summed E-state index contributed by atoms with van der Waals surface area (Å²) in [6.45, 7) is 6.86. The van der Waals surface area contributed by atoms with E-state index in [9.17, 15) is 4.79 Å². The fourth-order valence-electron chi connectivity index (χ4n) is 2.88. The van der Waals surface area contributed by atoms with Gasteiger partial charge in [-0.2, -0.15) is 0 Å². The molecule has 2 aliphatic rings. The van der Waals surface area contributed by atoms with Gasteiger partial charge in [0.2, 0.25) is 0 Å². The molecule has 2 fully saturated rings. The van der Waals surface area contributed by atoms with Gasteiger partial charge in [-0.3, -0.25) is 4.90 Å². The van der Waals surface area contributed by atoms with Crippen LogP contribution in [0.5, 0.6) is 0 Å². The maximum Gasteiger partial charge on any atom is 0.410 e. The lowest BCUT2D eigenvalue weighted by Gasteiger charge is -2.36. The van der Waals surface area contributed by atoms with Crippen molar-refractivity contribution in [2.24, 2.45) is 0 Å². The van der Waals surface area contributed by atoms with Gasteiger partial charge >= 0.3 is 6.09 Å². The topological polar surface area (TPSA) is 58.6 Å². The van der Waals surface area contributed by atoms with Crippen molar-refractivity contribution in [3.8, 4) is 0 Å². The number of cyclic esters (lactones) is 1. The van der Waals surface area contributed by atoms with E-state index in [4.69, 9.17) is 4.74 Å². The van der Waals surface area contributed by atoms with Gasteiger partial charge in [-0.1, -0.05) is 13.3 Å². The van der Waals surface area contributed by atoms with Gasteiger partial charge in [0.25, 0.3) is 0 Å². The zero-order valence-electron chi connectivity index (χ0n) is 12.0. The number of carbonyl (C=O) groups excluding carboxylic acids is 1. The first kappa shape index (κ1) is 13.1. The minimum atomic E-state index is -0.178. The lowest BCUT2D eigenvalue weighted by molar-refractivity contribution is 0.157. The number of hydrogen-bond acceptors (Lipinski definition) is 5. The smallest absolute Gasteiger partial charge is 0.410 e. The largest absolute Gasteiger partial charge is 0.447 e. The van der Waals surface area contributed by atoms with E-state index in [2.05, 4.69) is 21.8 Å². The molecule has 0 saturated carbocycles. The van der Waals surface area contributed by atoms with E-state index in [0.29, 0.717) is 13.2 Å². The molecule has 6 nitrogen and oxygen atoms in total. The Morgan fingerprint density at radius 3 is 3.10 bits per heavy atom. The van der Waals surface area contributed by atoms with Crippen molar-refractivity contribution in [3.63, 3.8) is 0 Å². The first-order valence-corrected chi connectivity index (χ1v) is 7.20. The molecule has 1 unspecified atom stereocenters. The first-order valence-electron chi connectivity index (χ1n) is 7.20. The van der Waals surface area contributed by atoms with E-state index in [-0.39, 0.29) is 12.1 Å². The summed E-state index contributed by atoms with van der Waals surface area (Å²) in [7, 11) is 0. The number of rotatable bonds is 3. The molecular formula is C14H20N4O2. The minimum absolute atomic E-state index is 0.154. The monoisotopic (exact) mass is 276 g/mol. The zero-order valence-corrected chi connectivity index (χ0v) is 12.0. The molecule has 1 aromatic rings. The Morgan fingerprint density at radius 2 is 2.30 bits per heavy atom. The molecule has 0 bridgehead atoms. The molecule has 6 heteroatoms. The molecule has 108 valence electrons. The summed E-state index contributed by atoms with van der Waals surface area (Å²) in [4.78, 5) is 24.5. The van der Waals surface area contributed by atoms with Gasteiger partial charge in [0.1, 0.15) is 18.2 Å². The predicted octanol–water partition coefficient (Wildman–Crippen LogP) is 1.38. The summed E-state index contributed by atoms with van der Waals surface area (Å²) in [5.41, 5.74) is 1.19. The summed E-state index contributed by atoms with van der Waals surface area (Å²) in [6.07, 6.45) is 3.81. The summed E-state index contributed by atoms with van der Waals surface area (Å²) in [5.74, 6) is 1.82. The predicted molar refractivity (Wildman–Crippen MR) is 74.8 cm³/mol. The molecular weight excluding hydrogens is 256 g/mol. The molecule has 3 heterocycles. The highest BCUT2D eigenvalue weighted by atomic mass is 16.6. The highest BCUT2D eigenvalue weighted by Crippen LogP contribution is 2.25. The number of anilines is 1. The number of carbonyl (C=O) groups is 1. The number of fused-ring (bicyclic) bond motifs is 1. The van der Waals surface area contributed by atoms with E-state index < -0.39 is 0 Å². The molecule has 0 spiro atoms. The molecule has 3 rings (SSSR count). The van der Waals surface area contributed by atoms with Crippen LogP contribution in [0, 0.1) is 6.92 Å². The highest BCUT2D eigenvalue weighted by molar-refractivity contribution is 5.70. The molecule has 1 atom stereocenters. The van der Waals surface area contributed by atoms with E-state index >= 15 is 0 Å². The quantitative estimate of drug-likeness (QED) is 0.834. The lowest BCUT2D eigenvalue weighted by Crippen LogP contribution is -2.52. The van der Waals surface area contributed by atoms with Gasteiger partial charge in [0.15, 0.2) is 0 Å². The average Bonchev–Trinajstić information content (AvgIpc) is 2.82. The van der Waals surface area contributed by atoms with Crippen molar-refractivity contribution in [1.29, 1.82) is 0 Å². The van der Waals surface area contributed by atoms with Gasteiger partial charge in [0, 0.05) is 31.4 Å². The van der Waals surface area contributed by atoms with Crippen LogP contribution in [0.4, 0.5) is 10.6 Å². The zero-order chi connectivity index (χ0) is 14.1. The number of amides is 1. The lowest BCUT2D eigenvalue weighted by atomic mass is 10.1. The van der Waals surface area contributed by atoms with Crippen LogP contribution >= 0.6 is 0 Å². The summed E-state index contributed by atoms with van der Waals surface area (Å²) < 4.78 is 5.11. The summed E-state index contributed by atoms with van der Waals surface area (Å²) >= 11 is 0. The third-order valence-electron chi connectivity index (χ3n) is 3.90. The van der Waals surface area contributed by atoms with Crippen molar-refractivity contribution >= 4 is 11.9 Å². The molecule has 0 aliphatic carbocycles. The van der Waals surface area contributed by atoms with Crippen LogP contribution in [-0.2, 0) is 11.2 Å². The summed E-state index contributed by atoms with van der Waals surface area (Å²) in [6, 6.07) is 0.154. The van der Waals surface area contributed by atoms with E-state index in [1.807, 2.05) is 18.0 Å². The van der Waals surface area contributed by atoms with E-state index in [1.54, 1.807) is 0 Å². The van der Waals surface area contributed by atoms with Crippen molar-refractivity contribution in [3.05, 3.63) is 17.6 Å². The standard InChI is InChI=1S/C14H20N4O2/c1-3-4-11-7-15-10(2)16-13(11)17-5-6-18-12(8-17)9-20-14(18)19/h7,12H,3-6,8-9H2,1-2H3. The Labute approximate surface area is 118 Å². The third kappa shape index (κ3) is 2.30. The second kappa shape index (κ2) is 5.26. The van der Waals surface area contributed by atoms with E-state index in [0.717, 1.165) is 37.6 Å². The Hall–Kier alpha value is -1.85. The first-order chi connectivity index (χ1) is 9.69. The van der Waals surface area contributed by atoms with Crippen LogP contribution in [0.15, 0.2) is 6.20 Å². The molecule has 20 heavy (non-hydrogen) atoms. The minimum Gasteiger partial charge on any atom is -0.447 e. The number of ether oxygens (including phenoxy) is 1. The average molecular weight is 276 g/mol. The van der Waals surface area contributed by atoms with Crippen molar-refractivity contribution in [2.75, 3.05) is 31.1 Å². The molecule has 1 aromatic heterocycles. The number of aromatic nitrogens is 2. The Bertz CT molecular complexity index is 520. The maximum atomic E-state index is 11.5. The van der Waals surface area contributed by atoms with Gasteiger partial charge in [-0.05, 0) is 13.3 Å². The van der Waals surface area contributed by atoms with Crippen LogP contribution < -0.4 is 4.90 Å². The normalized spacial score (nSPS) is 21.9. The fourth-order valence-corrected chi connectivity index (χ4v) is 2.88. The maximum absolute atomic E-state index is 11.5. The number of piperazine rings is 1.